The Hall–Kier alpha value is -3.51. The van der Waals surface area contributed by atoms with E-state index >= 15 is 0 Å². The van der Waals surface area contributed by atoms with E-state index in [2.05, 4.69) is 0 Å². The van der Waals surface area contributed by atoms with Gasteiger partial charge in [-0.25, -0.2) is 0 Å². The highest BCUT2D eigenvalue weighted by Crippen LogP contribution is 2.43. The zero-order valence-corrected chi connectivity index (χ0v) is 29.1. The van der Waals surface area contributed by atoms with Crippen LogP contribution in [0.15, 0.2) is 118 Å². The molecule has 0 bridgehead atoms. The molecule has 0 spiro atoms. The molecule has 12 nitrogen and oxygen atoms in total. The van der Waals surface area contributed by atoms with Crippen molar-refractivity contribution in [2.45, 2.75) is 72.5 Å². The smallest absolute Gasteiger partial charge is 0.297 e. The van der Waals surface area contributed by atoms with E-state index in [1.165, 1.54) is 36.4 Å². The summed E-state index contributed by atoms with van der Waals surface area (Å²) in [6.45, 7) is 4.44. The first kappa shape index (κ1) is 35.3. The third-order valence-electron chi connectivity index (χ3n) is 7.99. The monoisotopic (exact) mass is 730 g/mol. The molecule has 6 atom stereocenters. The summed E-state index contributed by atoms with van der Waals surface area (Å²) < 4.78 is 116. The van der Waals surface area contributed by atoms with Crippen LogP contribution in [0.5, 0.6) is 0 Å². The number of hydrogen-bond donors (Lipinski definition) is 0. The lowest BCUT2D eigenvalue weighted by Gasteiger charge is -2.28. The number of hydrogen-bond acceptors (Lipinski definition) is 12. The molecule has 260 valence electrons. The highest BCUT2D eigenvalue weighted by molar-refractivity contribution is 7.87. The van der Waals surface area contributed by atoms with Crippen LogP contribution in [0.3, 0.4) is 0 Å². The lowest BCUT2D eigenvalue weighted by atomic mass is 10.1. The van der Waals surface area contributed by atoms with Crippen LogP contribution in [0.25, 0.3) is 0 Å². The third kappa shape index (κ3) is 7.95. The summed E-state index contributed by atoms with van der Waals surface area (Å²) in [5, 5.41) is 0. The first-order valence-corrected chi connectivity index (χ1v) is 19.4. The Morgan fingerprint density at radius 3 is 1.61 bits per heavy atom. The van der Waals surface area contributed by atoms with Crippen molar-refractivity contribution in [1.82, 2.24) is 0 Å². The number of rotatable bonds is 12. The molecule has 0 amide bonds. The molecular weight excluding hydrogens is 697 g/mol. The summed E-state index contributed by atoms with van der Waals surface area (Å²) in [5.74, 6) is 0. The van der Waals surface area contributed by atoms with Gasteiger partial charge >= 0.3 is 0 Å². The van der Waals surface area contributed by atoms with Gasteiger partial charge in [0.25, 0.3) is 30.4 Å². The van der Waals surface area contributed by atoms with Crippen molar-refractivity contribution in [2.75, 3.05) is 6.61 Å². The lowest BCUT2D eigenvalue weighted by Crippen LogP contribution is -2.46. The van der Waals surface area contributed by atoms with Crippen LogP contribution >= 0.6 is 0 Å². The fourth-order valence-corrected chi connectivity index (χ4v) is 8.39. The van der Waals surface area contributed by atoms with E-state index in [-0.39, 0.29) is 14.7 Å². The van der Waals surface area contributed by atoms with Crippen molar-refractivity contribution in [1.29, 1.82) is 0 Å². The molecule has 15 heteroatoms. The van der Waals surface area contributed by atoms with Crippen molar-refractivity contribution in [2.24, 2.45) is 0 Å². The van der Waals surface area contributed by atoms with Gasteiger partial charge in [0.2, 0.25) is 0 Å². The maximum Gasteiger partial charge on any atom is 0.297 e. The van der Waals surface area contributed by atoms with Gasteiger partial charge in [-0.2, -0.15) is 25.3 Å². The minimum Gasteiger partial charge on any atom is -0.341 e. The predicted molar refractivity (Wildman–Crippen MR) is 175 cm³/mol. The standard InChI is InChI=1S/C34H34O12S3/c1-22-9-15-26(16-10-22)47(35,36)41-21-29(45-48(37,38)27-17-11-23(2)12-18-27)30-31(46-49(39,40)28-19-13-24(3)14-20-28)32-34(42-30)44-33(43-32)25-7-5-4-6-8-25/h4-20,29-34H,21H2,1-3H3/t29?,30-,31-,32?,33?,34-/m1/s1. The van der Waals surface area contributed by atoms with Gasteiger partial charge in [-0.1, -0.05) is 83.4 Å². The van der Waals surface area contributed by atoms with E-state index < -0.39 is 74.0 Å². The van der Waals surface area contributed by atoms with Gasteiger partial charge < -0.3 is 14.2 Å². The lowest BCUT2D eigenvalue weighted by molar-refractivity contribution is -0.185. The molecule has 49 heavy (non-hydrogen) atoms. The van der Waals surface area contributed by atoms with Crippen LogP contribution in [0.4, 0.5) is 0 Å². The number of fused-ring (bicyclic) bond motifs is 1. The molecule has 4 aromatic rings. The minimum atomic E-state index is -4.59. The normalized spacial score (nSPS) is 23.3. The van der Waals surface area contributed by atoms with Crippen molar-refractivity contribution < 1.29 is 52.0 Å². The molecule has 3 unspecified atom stereocenters. The second-order valence-electron chi connectivity index (χ2n) is 11.7. The van der Waals surface area contributed by atoms with Gasteiger partial charge in [0.1, 0.15) is 24.4 Å². The maximum absolute atomic E-state index is 13.6. The van der Waals surface area contributed by atoms with Crippen molar-refractivity contribution in [3.8, 4) is 0 Å². The summed E-state index contributed by atoms with van der Waals surface area (Å²) >= 11 is 0. The second kappa shape index (κ2) is 14.0. The summed E-state index contributed by atoms with van der Waals surface area (Å²) in [4.78, 5) is -0.597. The van der Waals surface area contributed by atoms with Crippen LogP contribution in [0.2, 0.25) is 0 Å². The van der Waals surface area contributed by atoms with Gasteiger partial charge in [-0.05, 0) is 57.2 Å². The summed E-state index contributed by atoms with van der Waals surface area (Å²) in [7, 11) is -13.6. The van der Waals surface area contributed by atoms with Crippen molar-refractivity contribution >= 4 is 30.4 Å². The van der Waals surface area contributed by atoms with Gasteiger partial charge in [-0.3, -0.25) is 12.5 Å². The SMILES string of the molecule is Cc1ccc(S(=O)(=O)OCC(OS(=O)(=O)c2ccc(C)cc2)[C@H]2O[C@@H]3OC(c4ccccc4)OC3[C@@H]2OS(=O)(=O)c2ccc(C)cc2)cc1. The first-order chi connectivity index (χ1) is 23.2. The van der Waals surface area contributed by atoms with Crippen molar-refractivity contribution in [3.63, 3.8) is 0 Å². The molecule has 0 aromatic heterocycles. The Bertz CT molecular complexity index is 2090. The van der Waals surface area contributed by atoms with Crippen LogP contribution in [0.1, 0.15) is 28.5 Å². The molecule has 2 aliphatic heterocycles. The Labute approximate surface area is 285 Å². The van der Waals surface area contributed by atoms with E-state index in [4.69, 9.17) is 26.8 Å². The molecule has 2 heterocycles. The summed E-state index contributed by atoms with van der Waals surface area (Å²) in [6, 6.07) is 26.3. The highest BCUT2D eigenvalue weighted by Gasteiger charge is 2.58. The van der Waals surface area contributed by atoms with Gasteiger partial charge in [0.15, 0.2) is 12.6 Å². The molecular formula is C34H34O12S3. The van der Waals surface area contributed by atoms with E-state index in [0.29, 0.717) is 5.56 Å². The Morgan fingerprint density at radius 2 is 1.08 bits per heavy atom. The quantitative estimate of drug-likeness (QED) is 0.185. The molecule has 6 rings (SSSR count). The van der Waals surface area contributed by atoms with E-state index in [1.54, 1.807) is 87.5 Å². The van der Waals surface area contributed by atoms with Crippen LogP contribution in [-0.4, -0.2) is 62.6 Å². The largest absolute Gasteiger partial charge is 0.341 e. The summed E-state index contributed by atoms with van der Waals surface area (Å²) in [5.41, 5.74) is 3.01. The maximum atomic E-state index is 13.6. The zero-order valence-electron chi connectivity index (χ0n) is 26.6. The Balaban J connectivity index is 1.36. The average Bonchev–Trinajstić information content (AvgIpc) is 3.63. The predicted octanol–water partition coefficient (Wildman–Crippen LogP) is 4.70. The molecule has 0 saturated carbocycles. The van der Waals surface area contributed by atoms with Gasteiger partial charge in [0.05, 0.1) is 21.3 Å². The number of benzene rings is 4. The van der Waals surface area contributed by atoms with Crippen LogP contribution in [-0.2, 0) is 57.1 Å². The van der Waals surface area contributed by atoms with E-state index in [1.807, 2.05) is 0 Å². The van der Waals surface area contributed by atoms with E-state index in [9.17, 15) is 25.3 Å². The second-order valence-corrected chi connectivity index (χ2v) is 16.5. The fourth-order valence-electron chi connectivity index (χ4n) is 5.31. The van der Waals surface area contributed by atoms with Gasteiger partial charge in [0, 0.05) is 5.56 Å². The Morgan fingerprint density at radius 1 is 0.592 bits per heavy atom. The molecule has 2 fully saturated rings. The first-order valence-electron chi connectivity index (χ1n) is 15.2. The Kier molecular flexibility index (Phi) is 10.1. The molecule has 2 saturated heterocycles. The average molecular weight is 731 g/mol. The van der Waals surface area contributed by atoms with Crippen LogP contribution in [0, 0.1) is 20.8 Å². The fraction of sp³-hybridized carbons (Fsp3) is 0.294. The third-order valence-corrected chi connectivity index (χ3v) is 12.0. The van der Waals surface area contributed by atoms with Gasteiger partial charge in [-0.15, -0.1) is 0 Å². The number of aryl methyl sites for hydroxylation is 3. The molecule has 4 aromatic carbocycles. The molecule has 0 aliphatic carbocycles. The number of ether oxygens (including phenoxy) is 3. The minimum absolute atomic E-state index is 0.179. The van der Waals surface area contributed by atoms with Crippen molar-refractivity contribution in [3.05, 3.63) is 125 Å². The topological polar surface area (TPSA) is 158 Å². The summed E-state index contributed by atoms with van der Waals surface area (Å²) in [6.07, 6.45) is -8.36. The molecule has 2 aliphatic rings. The van der Waals surface area contributed by atoms with Crippen LogP contribution < -0.4 is 0 Å². The molecule has 0 radical (unpaired) electrons. The van der Waals surface area contributed by atoms with E-state index in [0.717, 1.165) is 16.7 Å². The highest BCUT2D eigenvalue weighted by atomic mass is 32.2. The molecule has 0 N–H and O–H groups in total. The zero-order chi connectivity index (χ0) is 35.0.